The topological polar surface area (TPSA) is 73.1 Å². The van der Waals surface area contributed by atoms with Crippen LogP contribution in [0.2, 0.25) is 0 Å². The molecular weight excluding hydrogens is 216 g/mol. The van der Waals surface area contributed by atoms with E-state index >= 15 is 0 Å². The van der Waals surface area contributed by atoms with E-state index in [9.17, 15) is 0 Å². The Balaban J connectivity index is 2.25. The minimum absolute atomic E-state index is 0.277. The van der Waals surface area contributed by atoms with Crippen molar-refractivity contribution in [2.24, 2.45) is 5.84 Å². The lowest BCUT2D eigenvalue weighted by Crippen LogP contribution is -2.17. The molecule has 5 nitrogen and oxygen atoms in total. The molecule has 0 atom stereocenters. The number of nitrogens with two attached hydrogens (primary N) is 1. The Morgan fingerprint density at radius 3 is 2.65 bits per heavy atom. The summed E-state index contributed by atoms with van der Waals surface area (Å²) >= 11 is 0. The second-order valence-electron chi connectivity index (χ2n) is 4.76. The minimum Gasteiger partial charge on any atom is -0.474 e. The van der Waals surface area contributed by atoms with Crippen LogP contribution in [0.4, 0.5) is 5.82 Å². The predicted molar refractivity (Wildman–Crippen MR) is 66.8 cm³/mol. The summed E-state index contributed by atoms with van der Waals surface area (Å²) in [4.78, 5) is 8.37. The van der Waals surface area contributed by atoms with E-state index in [0.717, 1.165) is 18.4 Å². The molecule has 1 aromatic heterocycles. The monoisotopic (exact) mass is 236 g/mol. The Bertz CT molecular complexity index is 375. The highest BCUT2D eigenvalue weighted by Crippen LogP contribution is 2.32. The van der Waals surface area contributed by atoms with Crippen LogP contribution < -0.4 is 16.0 Å². The number of hydrazine groups is 1. The third kappa shape index (κ3) is 2.66. The first-order valence-electron chi connectivity index (χ1n) is 6.20. The van der Waals surface area contributed by atoms with E-state index in [1.54, 1.807) is 0 Å². The van der Waals surface area contributed by atoms with E-state index in [2.05, 4.69) is 29.2 Å². The zero-order chi connectivity index (χ0) is 12.3. The van der Waals surface area contributed by atoms with E-state index in [1.165, 1.54) is 19.2 Å². The molecule has 94 valence electrons. The van der Waals surface area contributed by atoms with Gasteiger partial charge in [0.1, 0.15) is 12.4 Å². The number of ether oxygens (including phenoxy) is 1. The third-order valence-corrected chi connectivity index (χ3v) is 3.14. The summed E-state index contributed by atoms with van der Waals surface area (Å²) < 4.78 is 5.96. The molecule has 3 N–H and O–H groups in total. The van der Waals surface area contributed by atoms with Gasteiger partial charge in [-0.25, -0.2) is 15.8 Å². The SMILES string of the molecule is CC(C)c1c(NN)ncnc1OC1CCCC1. The quantitative estimate of drug-likeness (QED) is 0.619. The lowest BCUT2D eigenvalue weighted by atomic mass is 10.1. The zero-order valence-electron chi connectivity index (χ0n) is 10.4. The molecule has 0 aliphatic heterocycles. The molecule has 17 heavy (non-hydrogen) atoms. The standard InChI is InChI=1S/C12H20N4O/c1-8(2)10-11(16-13)14-7-15-12(10)17-9-5-3-4-6-9/h7-9H,3-6,13H2,1-2H3,(H,14,15,16). The molecule has 0 unspecified atom stereocenters. The van der Waals surface area contributed by atoms with Gasteiger partial charge in [-0.1, -0.05) is 13.8 Å². The van der Waals surface area contributed by atoms with Crippen molar-refractivity contribution in [3.8, 4) is 5.88 Å². The van der Waals surface area contributed by atoms with E-state index < -0.39 is 0 Å². The summed E-state index contributed by atoms with van der Waals surface area (Å²) in [5, 5.41) is 0. The summed E-state index contributed by atoms with van der Waals surface area (Å²) in [7, 11) is 0. The Hall–Kier alpha value is -1.36. The maximum atomic E-state index is 5.96. The van der Waals surface area contributed by atoms with Crippen LogP contribution in [-0.2, 0) is 0 Å². The minimum atomic E-state index is 0.277. The van der Waals surface area contributed by atoms with Gasteiger partial charge in [-0.3, -0.25) is 0 Å². The van der Waals surface area contributed by atoms with E-state index in [4.69, 9.17) is 10.6 Å². The highest BCUT2D eigenvalue weighted by atomic mass is 16.5. The highest BCUT2D eigenvalue weighted by Gasteiger charge is 2.21. The van der Waals surface area contributed by atoms with Gasteiger partial charge in [0, 0.05) is 0 Å². The fraction of sp³-hybridized carbons (Fsp3) is 0.667. The van der Waals surface area contributed by atoms with Crippen LogP contribution in [0.3, 0.4) is 0 Å². The Kier molecular flexibility index (Phi) is 3.78. The van der Waals surface area contributed by atoms with Gasteiger partial charge in [-0.05, 0) is 31.6 Å². The molecule has 0 amide bonds. The number of rotatable bonds is 4. The maximum Gasteiger partial charge on any atom is 0.222 e. The summed E-state index contributed by atoms with van der Waals surface area (Å²) in [5.74, 6) is 7.08. The molecule has 0 aromatic carbocycles. The first-order valence-corrected chi connectivity index (χ1v) is 6.20. The summed E-state index contributed by atoms with van der Waals surface area (Å²) in [6.45, 7) is 4.17. The number of nitrogens with one attached hydrogen (secondary N) is 1. The van der Waals surface area contributed by atoms with Crippen LogP contribution in [0.25, 0.3) is 0 Å². The van der Waals surface area contributed by atoms with Crippen LogP contribution in [0.5, 0.6) is 5.88 Å². The van der Waals surface area contributed by atoms with Gasteiger partial charge in [-0.2, -0.15) is 0 Å². The van der Waals surface area contributed by atoms with Crippen molar-refractivity contribution in [2.45, 2.75) is 51.6 Å². The number of nitrogen functional groups attached to an aromatic ring is 1. The van der Waals surface area contributed by atoms with Gasteiger partial charge in [0.05, 0.1) is 5.56 Å². The Morgan fingerprint density at radius 2 is 2.06 bits per heavy atom. The van der Waals surface area contributed by atoms with Gasteiger partial charge in [0.25, 0.3) is 0 Å². The lowest BCUT2D eigenvalue weighted by molar-refractivity contribution is 0.198. The lowest BCUT2D eigenvalue weighted by Gasteiger charge is -2.18. The highest BCUT2D eigenvalue weighted by molar-refractivity contribution is 5.49. The smallest absolute Gasteiger partial charge is 0.222 e. The molecule has 1 aliphatic rings. The molecule has 0 radical (unpaired) electrons. The number of nitrogens with zero attached hydrogens (tertiary/aromatic N) is 2. The number of hydrogen-bond acceptors (Lipinski definition) is 5. The molecule has 1 heterocycles. The normalized spacial score (nSPS) is 16.5. The van der Waals surface area contributed by atoms with Crippen molar-refractivity contribution in [3.05, 3.63) is 11.9 Å². The average molecular weight is 236 g/mol. The molecule has 2 rings (SSSR count). The van der Waals surface area contributed by atoms with Crippen molar-refractivity contribution in [2.75, 3.05) is 5.43 Å². The maximum absolute atomic E-state index is 5.96. The Morgan fingerprint density at radius 1 is 1.35 bits per heavy atom. The molecule has 1 saturated carbocycles. The molecule has 0 saturated heterocycles. The summed E-state index contributed by atoms with van der Waals surface area (Å²) in [5.41, 5.74) is 3.57. The molecule has 0 spiro atoms. The largest absolute Gasteiger partial charge is 0.474 e. The van der Waals surface area contributed by atoms with Gasteiger partial charge < -0.3 is 10.2 Å². The van der Waals surface area contributed by atoms with Gasteiger partial charge >= 0.3 is 0 Å². The van der Waals surface area contributed by atoms with Crippen LogP contribution in [0, 0.1) is 0 Å². The van der Waals surface area contributed by atoms with Gasteiger partial charge in [0.2, 0.25) is 5.88 Å². The van der Waals surface area contributed by atoms with Crippen molar-refractivity contribution >= 4 is 5.82 Å². The summed E-state index contributed by atoms with van der Waals surface area (Å²) in [6.07, 6.45) is 6.52. The first kappa shape index (κ1) is 12.1. The number of aromatic nitrogens is 2. The average Bonchev–Trinajstić information content (AvgIpc) is 2.81. The number of anilines is 1. The van der Waals surface area contributed by atoms with Crippen molar-refractivity contribution in [3.63, 3.8) is 0 Å². The van der Waals surface area contributed by atoms with Crippen molar-refractivity contribution < 1.29 is 4.74 Å². The molecule has 5 heteroatoms. The zero-order valence-corrected chi connectivity index (χ0v) is 10.4. The fourth-order valence-corrected chi connectivity index (χ4v) is 2.27. The molecular formula is C12H20N4O. The van der Waals surface area contributed by atoms with E-state index in [1.807, 2.05) is 0 Å². The molecule has 0 bridgehead atoms. The fourth-order valence-electron chi connectivity index (χ4n) is 2.27. The van der Waals surface area contributed by atoms with Gasteiger partial charge in [0.15, 0.2) is 5.82 Å². The molecule has 1 aliphatic carbocycles. The van der Waals surface area contributed by atoms with Crippen LogP contribution >= 0.6 is 0 Å². The van der Waals surface area contributed by atoms with Crippen LogP contribution in [0.1, 0.15) is 51.0 Å². The second kappa shape index (κ2) is 5.31. The van der Waals surface area contributed by atoms with Crippen molar-refractivity contribution in [1.29, 1.82) is 0 Å². The second-order valence-corrected chi connectivity index (χ2v) is 4.76. The van der Waals surface area contributed by atoms with Crippen molar-refractivity contribution in [1.82, 2.24) is 9.97 Å². The number of hydrogen-bond donors (Lipinski definition) is 2. The van der Waals surface area contributed by atoms with E-state index in [-0.39, 0.29) is 5.92 Å². The van der Waals surface area contributed by atoms with Crippen LogP contribution in [-0.4, -0.2) is 16.1 Å². The predicted octanol–water partition coefficient (Wildman–Crippen LogP) is 2.21. The van der Waals surface area contributed by atoms with E-state index in [0.29, 0.717) is 17.8 Å². The van der Waals surface area contributed by atoms with Gasteiger partial charge in [-0.15, -0.1) is 0 Å². The molecule has 1 fully saturated rings. The molecule has 1 aromatic rings. The third-order valence-electron chi connectivity index (χ3n) is 3.14. The summed E-state index contributed by atoms with van der Waals surface area (Å²) in [6, 6.07) is 0. The van der Waals surface area contributed by atoms with Crippen LogP contribution in [0.15, 0.2) is 6.33 Å². The first-order chi connectivity index (χ1) is 8.22. The Labute approximate surface area is 102 Å².